The number of thiocarbonyl (C=S) groups is 1. The Labute approximate surface area is 209 Å². The molecule has 0 bridgehead atoms. The Kier molecular flexibility index (Phi) is 6.00. The van der Waals surface area contributed by atoms with Crippen molar-refractivity contribution < 1.29 is 4.79 Å². The van der Waals surface area contributed by atoms with Gasteiger partial charge in [0.1, 0.15) is 5.01 Å². The molecule has 8 heteroatoms. The van der Waals surface area contributed by atoms with Gasteiger partial charge in [-0.15, -0.1) is 11.3 Å². The third-order valence-corrected chi connectivity index (χ3v) is 6.85. The molecular weight excluding hydrogens is 493 g/mol. The van der Waals surface area contributed by atoms with Gasteiger partial charge in [-0.3, -0.25) is 10.1 Å². The van der Waals surface area contributed by atoms with E-state index in [0.717, 1.165) is 26.0 Å². The van der Waals surface area contributed by atoms with Crippen LogP contribution in [0.1, 0.15) is 10.4 Å². The normalized spacial score (nSPS) is 11.0. The highest BCUT2D eigenvalue weighted by Crippen LogP contribution is 2.40. The van der Waals surface area contributed by atoms with Crippen molar-refractivity contribution in [1.29, 1.82) is 0 Å². The molecular formula is C25H15Cl2N3OS2. The maximum absolute atomic E-state index is 12.8. The molecule has 4 aromatic carbocycles. The number of anilines is 1. The van der Waals surface area contributed by atoms with Gasteiger partial charge in [-0.2, -0.15) is 0 Å². The van der Waals surface area contributed by atoms with Crippen LogP contribution in [0.3, 0.4) is 0 Å². The van der Waals surface area contributed by atoms with E-state index in [4.69, 9.17) is 40.4 Å². The van der Waals surface area contributed by atoms with Gasteiger partial charge in [0.2, 0.25) is 0 Å². The number of aromatic nitrogens is 1. The highest BCUT2D eigenvalue weighted by atomic mass is 35.5. The van der Waals surface area contributed by atoms with Crippen molar-refractivity contribution in [2.45, 2.75) is 0 Å². The summed E-state index contributed by atoms with van der Waals surface area (Å²) in [4.78, 5) is 17.5. The van der Waals surface area contributed by atoms with Crippen LogP contribution >= 0.6 is 46.8 Å². The number of amides is 1. The molecule has 0 atom stereocenters. The van der Waals surface area contributed by atoms with Gasteiger partial charge in [-0.1, -0.05) is 65.7 Å². The number of nitrogens with zero attached hydrogens (tertiary/aromatic N) is 1. The fourth-order valence-corrected chi connectivity index (χ4v) is 5.23. The number of nitrogens with one attached hydrogen (secondary N) is 2. The van der Waals surface area contributed by atoms with Crippen molar-refractivity contribution in [1.82, 2.24) is 10.3 Å². The van der Waals surface area contributed by atoms with Gasteiger partial charge in [0, 0.05) is 16.1 Å². The second-order valence-electron chi connectivity index (χ2n) is 7.27. The average Bonchev–Trinajstić information content (AvgIpc) is 3.24. The van der Waals surface area contributed by atoms with Crippen LogP contribution in [0.4, 0.5) is 5.69 Å². The third kappa shape index (κ3) is 4.56. The number of hydrogen-bond acceptors (Lipinski definition) is 4. The first-order valence-electron chi connectivity index (χ1n) is 9.94. The average molecular weight is 508 g/mol. The summed E-state index contributed by atoms with van der Waals surface area (Å²) in [6.45, 7) is 0. The van der Waals surface area contributed by atoms with E-state index in [2.05, 4.69) is 10.6 Å². The first kappa shape index (κ1) is 21.8. The predicted molar refractivity (Wildman–Crippen MR) is 143 cm³/mol. The molecule has 0 radical (unpaired) electrons. The number of carbonyl (C=O) groups excluding carboxylic acids is 1. The molecule has 33 heavy (non-hydrogen) atoms. The zero-order valence-electron chi connectivity index (χ0n) is 16.9. The van der Waals surface area contributed by atoms with E-state index in [1.54, 1.807) is 18.2 Å². The molecule has 4 nitrogen and oxygen atoms in total. The number of fused-ring (bicyclic) bond motifs is 2. The monoisotopic (exact) mass is 507 g/mol. The second kappa shape index (κ2) is 9.08. The fourth-order valence-electron chi connectivity index (χ4n) is 3.51. The van der Waals surface area contributed by atoms with E-state index in [-0.39, 0.29) is 11.0 Å². The van der Waals surface area contributed by atoms with Gasteiger partial charge in [0.15, 0.2) is 5.11 Å². The van der Waals surface area contributed by atoms with Crippen LogP contribution in [0.25, 0.3) is 31.6 Å². The topological polar surface area (TPSA) is 54.0 Å². The van der Waals surface area contributed by atoms with Crippen molar-refractivity contribution in [3.63, 3.8) is 0 Å². The minimum atomic E-state index is -0.315. The van der Waals surface area contributed by atoms with Crippen LogP contribution in [-0.4, -0.2) is 16.0 Å². The van der Waals surface area contributed by atoms with Crippen LogP contribution in [-0.2, 0) is 0 Å². The van der Waals surface area contributed by atoms with Crippen molar-refractivity contribution >= 4 is 84.5 Å². The molecule has 0 aliphatic rings. The lowest BCUT2D eigenvalue weighted by Crippen LogP contribution is -2.34. The minimum absolute atomic E-state index is 0.125. The molecule has 1 amide bonds. The molecule has 0 aliphatic carbocycles. The molecule has 1 heterocycles. The van der Waals surface area contributed by atoms with E-state index in [1.165, 1.54) is 11.3 Å². The molecule has 0 aliphatic heterocycles. The van der Waals surface area contributed by atoms with E-state index in [1.807, 2.05) is 60.7 Å². The smallest absolute Gasteiger partial charge is 0.257 e. The number of para-hydroxylation sites is 1. The molecule has 5 aromatic rings. The quantitative estimate of drug-likeness (QED) is 0.247. The van der Waals surface area contributed by atoms with E-state index < -0.39 is 0 Å². The van der Waals surface area contributed by atoms with E-state index >= 15 is 0 Å². The van der Waals surface area contributed by atoms with Gasteiger partial charge < -0.3 is 5.32 Å². The molecule has 162 valence electrons. The van der Waals surface area contributed by atoms with Crippen LogP contribution < -0.4 is 10.6 Å². The maximum Gasteiger partial charge on any atom is 0.257 e. The second-order valence-corrected chi connectivity index (χ2v) is 9.55. The van der Waals surface area contributed by atoms with Gasteiger partial charge in [-0.05, 0) is 59.4 Å². The van der Waals surface area contributed by atoms with Crippen LogP contribution in [0.15, 0.2) is 78.9 Å². The maximum atomic E-state index is 12.8. The van der Waals surface area contributed by atoms with Crippen molar-refractivity contribution in [3.8, 4) is 10.6 Å². The summed E-state index contributed by atoms with van der Waals surface area (Å²) < 4.78 is 1.04. The first-order chi connectivity index (χ1) is 16.0. The molecule has 1 aromatic heterocycles. The van der Waals surface area contributed by atoms with E-state index in [9.17, 15) is 4.79 Å². The van der Waals surface area contributed by atoms with Crippen molar-refractivity contribution in [2.24, 2.45) is 0 Å². The summed E-state index contributed by atoms with van der Waals surface area (Å²) in [5.74, 6) is -0.315. The third-order valence-electron chi connectivity index (χ3n) is 5.06. The zero-order valence-corrected chi connectivity index (χ0v) is 20.1. The number of halogens is 2. The molecule has 5 rings (SSSR count). The number of rotatable bonds is 3. The van der Waals surface area contributed by atoms with Gasteiger partial charge in [0.25, 0.3) is 5.91 Å². The lowest BCUT2D eigenvalue weighted by molar-refractivity contribution is 0.0978. The molecule has 0 unspecified atom stereocenters. The molecule has 2 N–H and O–H groups in total. The van der Waals surface area contributed by atoms with Gasteiger partial charge >= 0.3 is 0 Å². The van der Waals surface area contributed by atoms with Crippen molar-refractivity contribution in [2.75, 3.05) is 5.32 Å². The van der Waals surface area contributed by atoms with Gasteiger partial charge in [-0.25, -0.2) is 4.98 Å². The Morgan fingerprint density at radius 3 is 2.48 bits per heavy atom. The lowest BCUT2D eigenvalue weighted by atomic mass is 10.1. The number of thiazole rings is 1. The van der Waals surface area contributed by atoms with Gasteiger partial charge in [0.05, 0.1) is 20.9 Å². The lowest BCUT2D eigenvalue weighted by Gasteiger charge is -2.15. The molecule has 0 spiro atoms. The predicted octanol–water partition coefficient (Wildman–Crippen LogP) is 7.55. The highest BCUT2D eigenvalue weighted by Gasteiger charge is 2.17. The summed E-state index contributed by atoms with van der Waals surface area (Å²) in [7, 11) is 0. The standard InChI is InChI=1S/C25H15Cl2N3OS2/c26-17-12-18(24-28-20-7-3-4-8-21(20)33-24)22(19(27)13-17)29-25(32)30-23(31)16-10-9-14-5-1-2-6-15(14)11-16/h1-13H,(H2,29,30,31,32). The Morgan fingerprint density at radius 2 is 1.67 bits per heavy atom. The van der Waals surface area contributed by atoms with Crippen LogP contribution in [0.2, 0.25) is 10.0 Å². The molecule has 0 saturated heterocycles. The first-order valence-corrected chi connectivity index (χ1v) is 11.9. The SMILES string of the molecule is O=C(NC(=S)Nc1c(Cl)cc(Cl)cc1-c1nc2ccccc2s1)c1ccc2ccccc2c1. The number of carbonyl (C=O) groups is 1. The molecule has 0 saturated carbocycles. The Hall–Kier alpha value is -3.03. The Bertz CT molecular complexity index is 1510. The number of benzene rings is 4. The number of hydrogen-bond donors (Lipinski definition) is 2. The van der Waals surface area contributed by atoms with Crippen molar-refractivity contribution in [3.05, 3.63) is 94.5 Å². The zero-order chi connectivity index (χ0) is 22.9. The fraction of sp³-hybridized carbons (Fsp3) is 0. The summed E-state index contributed by atoms with van der Waals surface area (Å²) in [5.41, 5.74) is 2.62. The van der Waals surface area contributed by atoms with Crippen LogP contribution in [0.5, 0.6) is 0 Å². The minimum Gasteiger partial charge on any atom is -0.331 e. The largest absolute Gasteiger partial charge is 0.331 e. The van der Waals surface area contributed by atoms with E-state index in [0.29, 0.717) is 26.9 Å². The highest BCUT2D eigenvalue weighted by molar-refractivity contribution is 7.80. The van der Waals surface area contributed by atoms with Crippen LogP contribution in [0, 0.1) is 0 Å². The Morgan fingerprint density at radius 1 is 0.909 bits per heavy atom. The summed E-state index contributed by atoms with van der Waals surface area (Å²) in [6, 6.07) is 24.6. The molecule has 0 fully saturated rings. The Balaban J connectivity index is 1.42. The summed E-state index contributed by atoms with van der Waals surface area (Å²) >= 11 is 19.7. The summed E-state index contributed by atoms with van der Waals surface area (Å²) in [6.07, 6.45) is 0. The summed E-state index contributed by atoms with van der Waals surface area (Å²) in [5, 5.41) is 9.54.